The smallest absolute Gasteiger partial charge is 0.262 e. The van der Waals surface area contributed by atoms with Gasteiger partial charge in [0, 0.05) is 11.9 Å². The minimum Gasteiger partial charge on any atom is -0.316 e. The van der Waals surface area contributed by atoms with Crippen LogP contribution in [0.4, 0.5) is 5.00 Å². The number of aryl methyl sites for hydroxylation is 1. The largest absolute Gasteiger partial charge is 0.316 e. The fraction of sp³-hybridized carbons (Fsp3) is 0.400. The molecule has 1 atom stereocenters. The highest BCUT2D eigenvalue weighted by molar-refractivity contribution is 8.00. The summed E-state index contributed by atoms with van der Waals surface area (Å²) in [4.78, 5) is 31.7. The molecule has 1 unspecified atom stereocenters. The lowest BCUT2D eigenvalue weighted by molar-refractivity contribution is -0.115. The van der Waals surface area contributed by atoms with Crippen LogP contribution in [-0.2, 0) is 24.7 Å². The summed E-state index contributed by atoms with van der Waals surface area (Å²) in [5.74, 6) is -0.191. The number of hydrogen-bond donors (Lipinski definition) is 1. The molecule has 0 spiro atoms. The maximum Gasteiger partial charge on any atom is 0.262 e. The van der Waals surface area contributed by atoms with E-state index in [0.717, 1.165) is 31.2 Å². The predicted molar refractivity (Wildman–Crippen MR) is 119 cm³/mol. The van der Waals surface area contributed by atoms with Crippen molar-refractivity contribution in [2.45, 2.75) is 49.4 Å². The Balaban J connectivity index is 1.55. The number of thioether (sulfide) groups is 1. The molecule has 29 heavy (non-hydrogen) atoms. The maximum atomic E-state index is 12.8. The number of thiophene rings is 2. The molecule has 0 fully saturated rings. The Kier molecular flexibility index (Phi) is 5.76. The van der Waals surface area contributed by atoms with Gasteiger partial charge in [0.05, 0.1) is 16.2 Å². The first-order valence-electron chi connectivity index (χ1n) is 9.46. The number of anilines is 1. The van der Waals surface area contributed by atoms with Crippen LogP contribution in [0.15, 0.2) is 21.4 Å². The first kappa shape index (κ1) is 20.1. The van der Waals surface area contributed by atoms with Gasteiger partial charge in [-0.15, -0.1) is 22.7 Å². The molecule has 3 aromatic rings. The molecule has 3 heterocycles. The van der Waals surface area contributed by atoms with Gasteiger partial charge in [-0.2, -0.15) is 5.26 Å². The summed E-state index contributed by atoms with van der Waals surface area (Å²) < 4.78 is 1.48. The Bertz CT molecular complexity index is 1180. The first-order chi connectivity index (χ1) is 14.0. The molecule has 1 amide bonds. The summed E-state index contributed by atoms with van der Waals surface area (Å²) in [6.07, 6.45) is 5.28. The Morgan fingerprint density at radius 3 is 2.97 bits per heavy atom. The van der Waals surface area contributed by atoms with Gasteiger partial charge < -0.3 is 5.32 Å². The van der Waals surface area contributed by atoms with Crippen molar-refractivity contribution < 1.29 is 4.79 Å². The second kappa shape index (κ2) is 8.30. The van der Waals surface area contributed by atoms with Crippen LogP contribution < -0.4 is 10.9 Å². The van der Waals surface area contributed by atoms with E-state index in [9.17, 15) is 14.9 Å². The lowest BCUT2D eigenvalue weighted by atomic mass is 10.1. The summed E-state index contributed by atoms with van der Waals surface area (Å²) >= 11 is 4.19. The lowest BCUT2D eigenvalue weighted by Crippen LogP contribution is -2.25. The number of carbonyl (C=O) groups is 1. The average molecular weight is 445 g/mol. The molecule has 0 saturated carbocycles. The molecule has 150 valence electrons. The van der Waals surface area contributed by atoms with Crippen molar-refractivity contribution in [1.82, 2.24) is 9.55 Å². The topological polar surface area (TPSA) is 87.8 Å². The highest BCUT2D eigenvalue weighted by atomic mass is 32.2. The van der Waals surface area contributed by atoms with Gasteiger partial charge in [-0.25, -0.2) is 4.98 Å². The van der Waals surface area contributed by atoms with E-state index in [4.69, 9.17) is 0 Å². The van der Waals surface area contributed by atoms with E-state index in [-0.39, 0.29) is 11.5 Å². The third-order valence-corrected chi connectivity index (χ3v) is 8.24. The van der Waals surface area contributed by atoms with Crippen LogP contribution in [0.5, 0.6) is 0 Å². The molecule has 9 heteroatoms. The highest BCUT2D eigenvalue weighted by Crippen LogP contribution is 2.37. The normalized spacial score (nSPS) is 14.8. The molecule has 3 aromatic heterocycles. The zero-order valence-corrected chi connectivity index (χ0v) is 18.6. The number of nitrogens with zero attached hydrogens (tertiary/aromatic N) is 3. The SMILES string of the molecule is CC(Sc1nc2sccc2c(=O)n1C)C(=O)Nc1sc2c(c1C#N)CCCCC2. The van der Waals surface area contributed by atoms with Crippen LogP contribution in [0, 0.1) is 11.3 Å². The maximum absolute atomic E-state index is 12.8. The Morgan fingerprint density at radius 1 is 1.38 bits per heavy atom. The number of rotatable bonds is 4. The number of nitriles is 1. The van der Waals surface area contributed by atoms with E-state index < -0.39 is 5.25 Å². The third-order valence-electron chi connectivity index (χ3n) is 5.09. The van der Waals surface area contributed by atoms with Gasteiger partial charge in [0.15, 0.2) is 5.16 Å². The second-order valence-electron chi connectivity index (χ2n) is 7.03. The van der Waals surface area contributed by atoms with Gasteiger partial charge in [0.1, 0.15) is 15.9 Å². The number of nitrogens with one attached hydrogen (secondary N) is 1. The molecular weight excluding hydrogens is 424 g/mol. The quantitative estimate of drug-likeness (QED) is 0.368. The van der Waals surface area contributed by atoms with Crippen molar-refractivity contribution in [2.75, 3.05) is 5.32 Å². The summed E-state index contributed by atoms with van der Waals surface area (Å²) in [7, 11) is 1.67. The van der Waals surface area contributed by atoms with Crippen LogP contribution in [0.1, 0.15) is 42.2 Å². The summed E-state index contributed by atoms with van der Waals surface area (Å²) in [6, 6.07) is 4.06. The van der Waals surface area contributed by atoms with Crippen LogP contribution in [0.25, 0.3) is 10.2 Å². The standard InChI is InChI=1S/C20H20N4O2S3/c1-11(28-20-23-17-13(8-9-27-17)19(26)24(20)2)16(25)22-18-14(10-21)12-6-4-3-5-7-15(12)29-18/h8-9,11H,3-7H2,1-2H3,(H,22,25). The molecule has 0 aliphatic heterocycles. The fourth-order valence-corrected chi connectivity index (χ4v) is 6.38. The van der Waals surface area contributed by atoms with Crippen molar-refractivity contribution >= 4 is 55.6 Å². The Morgan fingerprint density at radius 2 is 2.17 bits per heavy atom. The Hall–Kier alpha value is -2.15. The summed E-state index contributed by atoms with van der Waals surface area (Å²) in [5.41, 5.74) is 1.61. The summed E-state index contributed by atoms with van der Waals surface area (Å²) in [5, 5.41) is 15.7. The average Bonchev–Trinajstić information content (AvgIpc) is 3.23. The number of aromatic nitrogens is 2. The third kappa shape index (κ3) is 3.84. The van der Waals surface area contributed by atoms with E-state index in [1.807, 2.05) is 5.38 Å². The molecule has 6 nitrogen and oxygen atoms in total. The van der Waals surface area contributed by atoms with Gasteiger partial charge in [-0.3, -0.25) is 14.2 Å². The van der Waals surface area contributed by atoms with Gasteiger partial charge in [-0.05, 0) is 49.6 Å². The fourth-order valence-electron chi connectivity index (χ4n) is 3.46. The van der Waals surface area contributed by atoms with Crippen molar-refractivity contribution in [3.63, 3.8) is 0 Å². The number of carbonyl (C=O) groups excluding carboxylic acids is 1. The van der Waals surface area contributed by atoms with Crippen LogP contribution in [0.3, 0.4) is 0 Å². The van der Waals surface area contributed by atoms with E-state index in [2.05, 4.69) is 16.4 Å². The molecule has 0 aromatic carbocycles. The van der Waals surface area contributed by atoms with Gasteiger partial charge >= 0.3 is 0 Å². The summed E-state index contributed by atoms with van der Waals surface area (Å²) in [6.45, 7) is 1.79. The minimum absolute atomic E-state index is 0.111. The molecule has 4 rings (SSSR count). The molecule has 0 saturated heterocycles. The minimum atomic E-state index is -0.459. The van der Waals surface area contributed by atoms with Crippen molar-refractivity contribution in [3.8, 4) is 6.07 Å². The molecule has 1 aliphatic rings. The van der Waals surface area contributed by atoms with Gasteiger partial charge in [0.25, 0.3) is 5.56 Å². The van der Waals surface area contributed by atoms with Crippen LogP contribution in [-0.4, -0.2) is 20.7 Å². The van der Waals surface area contributed by atoms with Gasteiger partial charge in [-0.1, -0.05) is 18.2 Å². The monoisotopic (exact) mass is 444 g/mol. The molecule has 0 bridgehead atoms. The lowest BCUT2D eigenvalue weighted by Gasteiger charge is -2.13. The van der Waals surface area contributed by atoms with E-state index in [1.165, 1.54) is 50.3 Å². The molecule has 1 N–H and O–H groups in total. The van der Waals surface area contributed by atoms with Crippen LogP contribution >= 0.6 is 34.4 Å². The highest BCUT2D eigenvalue weighted by Gasteiger charge is 2.24. The second-order valence-corrected chi connectivity index (χ2v) is 10.3. The van der Waals surface area contributed by atoms with Gasteiger partial charge in [0.2, 0.25) is 5.91 Å². The number of amides is 1. The molecular formula is C20H20N4O2S3. The van der Waals surface area contributed by atoms with E-state index in [0.29, 0.717) is 25.9 Å². The van der Waals surface area contributed by atoms with E-state index in [1.54, 1.807) is 20.0 Å². The van der Waals surface area contributed by atoms with Crippen molar-refractivity contribution in [3.05, 3.63) is 37.8 Å². The number of fused-ring (bicyclic) bond motifs is 2. The molecule has 1 aliphatic carbocycles. The zero-order chi connectivity index (χ0) is 20.5. The Labute approximate surface area is 180 Å². The van der Waals surface area contributed by atoms with Crippen LogP contribution in [0.2, 0.25) is 0 Å². The molecule has 0 radical (unpaired) electrons. The zero-order valence-electron chi connectivity index (χ0n) is 16.2. The van der Waals surface area contributed by atoms with Crippen molar-refractivity contribution in [2.24, 2.45) is 7.05 Å². The van der Waals surface area contributed by atoms with E-state index >= 15 is 0 Å². The number of hydrogen-bond acceptors (Lipinski definition) is 7. The first-order valence-corrected chi connectivity index (χ1v) is 12.0. The van der Waals surface area contributed by atoms with Crippen molar-refractivity contribution in [1.29, 1.82) is 5.26 Å². The predicted octanol–water partition coefficient (Wildman–Crippen LogP) is 4.32.